The second kappa shape index (κ2) is 8.34. The molecule has 0 radical (unpaired) electrons. The predicted molar refractivity (Wildman–Crippen MR) is 92.3 cm³/mol. The smallest absolute Gasteiger partial charge is 0.270 e. The lowest BCUT2D eigenvalue weighted by molar-refractivity contribution is -0.384. The summed E-state index contributed by atoms with van der Waals surface area (Å²) < 4.78 is 0. The molecule has 0 saturated carbocycles. The summed E-state index contributed by atoms with van der Waals surface area (Å²) in [6, 6.07) is 12.9. The third-order valence-electron chi connectivity index (χ3n) is 3.28. The number of nitro groups is 1. The number of hydrogen-bond acceptors (Lipinski definition) is 5. The van der Waals surface area contributed by atoms with Gasteiger partial charge in [0.15, 0.2) is 0 Å². The third kappa shape index (κ3) is 5.24. The number of non-ortho nitro benzene ring substituents is 1. The normalized spacial score (nSPS) is 10.4. The number of nitro benzene ring substituents is 1. The Hall–Kier alpha value is -3.55. The summed E-state index contributed by atoms with van der Waals surface area (Å²) in [6.07, 6.45) is 1.29. The first-order valence-corrected chi connectivity index (χ1v) is 7.37. The zero-order valence-corrected chi connectivity index (χ0v) is 13.4. The number of benzene rings is 2. The molecule has 128 valence electrons. The van der Waals surface area contributed by atoms with E-state index in [1.165, 1.54) is 24.4 Å². The molecule has 0 unspecified atom stereocenters. The van der Waals surface area contributed by atoms with Crippen molar-refractivity contribution in [1.29, 1.82) is 0 Å². The second-order valence-electron chi connectivity index (χ2n) is 5.14. The fourth-order valence-electron chi connectivity index (χ4n) is 2.02. The van der Waals surface area contributed by atoms with E-state index in [1.807, 2.05) is 6.07 Å². The summed E-state index contributed by atoms with van der Waals surface area (Å²) in [7, 11) is 0. The molecule has 2 aromatic rings. The molecule has 2 N–H and O–H groups in total. The molecule has 2 amide bonds. The van der Waals surface area contributed by atoms with Gasteiger partial charge in [-0.25, -0.2) is 5.43 Å². The van der Waals surface area contributed by atoms with Crippen molar-refractivity contribution in [2.45, 2.75) is 6.92 Å². The Kier molecular flexibility index (Phi) is 5.94. The van der Waals surface area contributed by atoms with Crippen LogP contribution in [0.1, 0.15) is 21.5 Å². The Bertz CT molecular complexity index is 833. The first kappa shape index (κ1) is 17.8. The SMILES string of the molecule is Cc1ccccc1C(=O)NCC(=O)NN=Cc1cccc([N+](=O)[O-])c1. The van der Waals surface area contributed by atoms with Crippen molar-refractivity contribution < 1.29 is 14.5 Å². The molecule has 0 heterocycles. The molecule has 0 spiro atoms. The summed E-state index contributed by atoms with van der Waals surface area (Å²) in [5, 5.41) is 16.9. The van der Waals surface area contributed by atoms with Crippen LogP contribution in [0.15, 0.2) is 53.6 Å². The minimum absolute atomic E-state index is 0.0687. The molecular formula is C17H16N4O4. The first-order chi connectivity index (χ1) is 12.0. The summed E-state index contributed by atoms with van der Waals surface area (Å²) in [5.74, 6) is -0.862. The maximum Gasteiger partial charge on any atom is 0.270 e. The standard InChI is InChI=1S/C17H16N4O4/c1-12-5-2-3-8-15(12)17(23)18-11-16(22)20-19-10-13-6-4-7-14(9-13)21(24)25/h2-10H,11H2,1H3,(H,18,23)(H,20,22). The number of hydrogen-bond donors (Lipinski definition) is 2. The summed E-state index contributed by atoms with van der Waals surface area (Å²) >= 11 is 0. The summed E-state index contributed by atoms with van der Waals surface area (Å²) in [6.45, 7) is 1.57. The summed E-state index contributed by atoms with van der Waals surface area (Å²) in [5.41, 5.74) is 3.95. The van der Waals surface area contributed by atoms with Crippen LogP contribution in [0.25, 0.3) is 0 Å². The van der Waals surface area contributed by atoms with Crippen LogP contribution in [0, 0.1) is 17.0 Å². The molecule has 0 aliphatic heterocycles. The van der Waals surface area contributed by atoms with Gasteiger partial charge in [-0.3, -0.25) is 19.7 Å². The first-order valence-electron chi connectivity index (χ1n) is 7.37. The molecule has 0 aliphatic carbocycles. The van der Waals surface area contributed by atoms with Gasteiger partial charge in [0.25, 0.3) is 17.5 Å². The van der Waals surface area contributed by atoms with Crippen molar-refractivity contribution in [3.05, 3.63) is 75.3 Å². The number of aryl methyl sites for hydroxylation is 1. The minimum atomic E-state index is -0.517. The maximum absolute atomic E-state index is 12.0. The van der Waals surface area contributed by atoms with Crippen LogP contribution in [0.2, 0.25) is 0 Å². The van der Waals surface area contributed by atoms with Gasteiger partial charge in [-0.05, 0) is 18.6 Å². The van der Waals surface area contributed by atoms with Crippen LogP contribution in [0.5, 0.6) is 0 Å². The van der Waals surface area contributed by atoms with Gasteiger partial charge in [0.2, 0.25) is 0 Å². The Morgan fingerprint density at radius 2 is 1.96 bits per heavy atom. The Morgan fingerprint density at radius 1 is 1.20 bits per heavy atom. The average molecular weight is 340 g/mol. The highest BCUT2D eigenvalue weighted by Crippen LogP contribution is 2.11. The zero-order valence-electron chi connectivity index (χ0n) is 13.4. The molecule has 0 bridgehead atoms. The van der Waals surface area contributed by atoms with Crippen molar-refractivity contribution in [2.24, 2.45) is 5.10 Å². The molecular weight excluding hydrogens is 324 g/mol. The van der Waals surface area contributed by atoms with E-state index in [2.05, 4.69) is 15.8 Å². The highest BCUT2D eigenvalue weighted by molar-refractivity contribution is 5.97. The second-order valence-corrected chi connectivity index (χ2v) is 5.14. The van der Waals surface area contributed by atoms with Crippen LogP contribution < -0.4 is 10.7 Å². The van der Waals surface area contributed by atoms with E-state index in [0.29, 0.717) is 11.1 Å². The molecule has 25 heavy (non-hydrogen) atoms. The van der Waals surface area contributed by atoms with Gasteiger partial charge in [-0.1, -0.05) is 30.3 Å². The topological polar surface area (TPSA) is 114 Å². The lowest BCUT2D eigenvalue weighted by atomic mass is 10.1. The number of nitrogens with zero attached hydrogens (tertiary/aromatic N) is 2. The van der Waals surface area contributed by atoms with Crippen LogP contribution in [0.4, 0.5) is 5.69 Å². The van der Waals surface area contributed by atoms with Gasteiger partial charge < -0.3 is 5.32 Å². The van der Waals surface area contributed by atoms with E-state index in [0.717, 1.165) is 5.56 Å². The van der Waals surface area contributed by atoms with Gasteiger partial charge in [-0.15, -0.1) is 0 Å². The molecule has 0 fully saturated rings. The van der Waals surface area contributed by atoms with Gasteiger partial charge >= 0.3 is 0 Å². The number of nitrogens with one attached hydrogen (secondary N) is 2. The Morgan fingerprint density at radius 3 is 2.68 bits per heavy atom. The van der Waals surface area contributed by atoms with E-state index in [-0.39, 0.29) is 18.1 Å². The fraction of sp³-hybridized carbons (Fsp3) is 0.118. The highest BCUT2D eigenvalue weighted by Gasteiger charge is 2.09. The number of rotatable bonds is 6. The lowest BCUT2D eigenvalue weighted by Gasteiger charge is -2.06. The molecule has 8 nitrogen and oxygen atoms in total. The zero-order chi connectivity index (χ0) is 18.2. The van der Waals surface area contributed by atoms with Gasteiger partial charge in [0, 0.05) is 23.3 Å². The van der Waals surface area contributed by atoms with Crippen LogP contribution in [-0.2, 0) is 4.79 Å². The van der Waals surface area contributed by atoms with Crippen LogP contribution >= 0.6 is 0 Å². The van der Waals surface area contributed by atoms with Gasteiger partial charge in [-0.2, -0.15) is 5.10 Å². The highest BCUT2D eigenvalue weighted by atomic mass is 16.6. The lowest BCUT2D eigenvalue weighted by Crippen LogP contribution is -2.35. The Balaban J connectivity index is 1.84. The van der Waals surface area contributed by atoms with E-state index in [9.17, 15) is 19.7 Å². The van der Waals surface area contributed by atoms with E-state index in [1.54, 1.807) is 31.2 Å². The van der Waals surface area contributed by atoms with Crippen LogP contribution in [0.3, 0.4) is 0 Å². The molecule has 8 heteroatoms. The monoisotopic (exact) mass is 340 g/mol. The van der Waals surface area contributed by atoms with Crippen molar-refractivity contribution >= 4 is 23.7 Å². The molecule has 0 aliphatic rings. The predicted octanol–water partition coefficient (Wildman–Crippen LogP) is 1.78. The van der Waals surface area contributed by atoms with Crippen molar-refractivity contribution in [3.8, 4) is 0 Å². The van der Waals surface area contributed by atoms with Crippen LogP contribution in [-0.4, -0.2) is 29.5 Å². The molecule has 0 atom stereocenters. The summed E-state index contributed by atoms with van der Waals surface area (Å²) in [4.78, 5) is 33.8. The minimum Gasteiger partial charge on any atom is -0.343 e. The number of hydrazone groups is 1. The third-order valence-corrected chi connectivity index (χ3v) is 3.28. The largest absolute Gasteiger partial charge is 0.343 e. The number of carbonyl (C=O) groups excluding carboxylic acids is 2. The van der Waals surface area contributed by atoms with E-state index >= 15 is 0 Å². The molecule has 0 saturated heterocycles. The van der Waals surface area contributed by atoms with E-state index in [4.69, 9.17) is 0 Å². The Labute approximate surface area is 143 Å². The van der Waals surface area contributed by atoms with Crippen molar-refractivity contribution in [3.63, 3.8) is 0 Å². The molecule has 0 aromatic heterocycles. The van der Waals surface area contributed by atoms with Gasteiger partial charge in [0.05, 0.1) is 17.7 Å². The number of amides is 2. The van der Waals surface area contributed by atoms with Crippen molar-refractivity contribution in [2.75, 3.05) is 6.54 Å². The quantitative estimate of drug-likeness (QED) is 0.474. The molecule has 2 rings (SSSR count). The van der Waals surface area contributed by atoms with Gasteiger partial charge in [0.1, 0.15) is 0 Å². The average Bonchev–Trinajstić information content (AvgIpc) is 2.60. The van der Waals surface area contributed by atoms with Crippen molar-refractivity contribution in [1.82, 2.24) is 10.7 Å². The fourth-order valence-corrected chi connectivity index (χ4v) is 2.02. The number of carbonyl (C=O) groups is 2. The maximum atomic E-state index is 12.0. The molecule has 2 aromatic carbocycles. The van der Waals surface area contributed by atoms with E-state index < -0.39 is 10.8 Å².